The van der Waals surface area contributed by atoms with Gasteiger partial charge in [-0.25, -0.2) is 0 Å². The molecule has 0 bridgehead atoms. The molecule has 0 aromatic heterocycles. The van der Waals surface area contributed by atoms with Crippen LogP contribution in [-0.2, 0) is 14.3 Å². The van der Waals surface area contributed by atoms with Gasteiger partial charge in [0.2, 0.25) is 5.91 Å². The maximum absolute atomic E-state index is 12.9. The van der Waals surface area contributed by atoms with Crippen molar-refractivity contribution in [1.82, 2.24) is 5.32 Å². The summed E-state index contributed by atoms with van der Waals surface area (Å²) in [5.74, 6) is -0.700. The number of carbonyl (C=O) groups excluding carboxylic acids is 1. The number of aliphatic hydroxyl groups excluding tert-OH is 7. The number of hydrogen-bond acceptors (Lipinski definition) is 10. The maximum atomic E-state index is 12.9. The fourth-order valence-electron chi connectivity index (χ4n) is 6.67. The van der Waals surface area contributed by atoms with E-state index < -0.39 is 74.2 Å². The third-order valence-electron chi connectivity index (χ3n) is 10.2. The minimum Gasteiger partial charge on any atom is -0.394 e. The summed E-state index contributed by atoms with van der Waals surface area (Å²) in [6.07, 6.45) is 16.0. The van der Waals surface area contributed by atoms with Crippen molar-refractivity contribution in [2.24, 2.45) is 0 Å². The van der Waals surface area contributed by atoms with Gasteiger partial charge in [0, 0.05) is 0 Å². The predicted octanol–water partition coefficient (Wildman–Crippen LogP) is 5.16. The first-order valence-electron chi connectivity index (χ1n) is 20.4. The molecule has 1 aliphatic heterocycles. The lowest BCUT2D eigenvalue weighted by Gasteiger charge is -2.40. The second-order valence-corrected chi connectivity index (χ2v) is 14.7. The number of aliphatic hydroxyl groups is 7. The molecule has 0 aromatic carbocycles. The monoisotopic (exact) mass is 720 g/mol. The van der Waals surface area contributed by atoms with E-state index in [1.54, 1.807) is 0 Å². The van der Waals surface area contributed by atoms with Crippen LogP contribution in [0.25, 0.3) is 0 Å². The van der Waals surface area contributed by atoms with Crippen LogP contribution in [0.15, 0.2) is 0 Å². The van der Waals surface area contributed by atoms with Crippen molar-refractivity contribution >= 4 is 5.91 Å². The third-order valence-corrected chi connectivity index (χ3v) is 10.2. The van der Waals surface area contributed by atoms with Gasteiger partial charge in [-0.1, -0.05) is 162 Å². The van der Waals surface area contributed by atoms with Gasteiger partial charge in [0.1, 0.15) is 36.6 Å². The zero-order chi connectivity index (χ0) is 37.0. The summed E-state index contributed by atoms with van der Waals surface area (Å²) in [5, 5.41) is 75.2. The number of ether oxygens (including phenoxy) is 2. The number of unbranched alkanes of at least 4 members (excludes halogenated alkanes) is 21. The first-order chi connectivity index (χ1) is 24.2. The van der Waals surface area contributed by atoms with E-state index in [2.05, 4.69) is 19.2 Å². The molecular formula is C39H77NO10. The van der Waals surface area contributed by atoms with Crippen LogP contribution in [0.3, 0.4) is 0 Å². The predicted molar refractivity (Wildman–Crippen MR) is 196 cm³/mol. The van der Waals surface area contributed by atoms with Crippen LogP contribution >= 0.6 is 0 Å². The highest BCUT2D eigenvalue weighted by atomic mass is 16.7. The van der Waals surface area contributed by atoms with E-state index in [-0.39, 0.29) is 6.42 Å². The van der Waals surface area contributed by atoms with Crippen LogP contribution in [0.1, 0.15) is 174 Å². The molecule has 11 nitrogen and oxygen atoms in total. The highest BCUT2D eigenvalue weighted by molar-refractivity contribution is 5.80. The molecule has 0 aromatic rings. The highest BCUT2D eigenvalue weighted by Gasteiger charge is 2.44. The Bertz CT molecular complexity index is 790. The molecule has 0 spiro atoms. The largest absolute Gasteiger partial charge is 0.394 e. The molecule has 1 heterocycles. The van der Waals surface area contributed by atoms with Gasteiger partial charge in [0.25, 0.3) is 0 Å². The number of amides is 1. The van der Waals surface area contributed by atoms with Crippen LogP contribution < -0.4 is 5.32 Å². The van der Waals surface area contributed by atoms with Gasteiger partial charge in [-0.15, -0.1) is 0 Å². The van der Waals surface area contributed by atoms with E-state index in [0.29, 0.717) is 19.3 Å². The van der Waals surface area contributed by atoms with E-state index in [1.807, 2.05) is 0 Å². The molecular weight excluding hydrogens is 642 g/mol. The van der Waals surface area contributed by atoms with E-state index in [4.69, 9.17) is 9.47 Å². The van der Waals surface area contributed by atoms with Crippen LogP contribution in [0.5, 0.6) is 0 Å². The Hall–Kier alpha value is -0.890. The van der Waals surface area contributed by atoms with E-state index in [9.17, 15) is 40.5 Å². The smallest absolute Gasteiger partial charge is 0.249 e. The van der Waals surface area contributed by atoms with E-state index in [1.165, 1.54) is 96.3 Å². The fraction of sp³-hybridized carbons (Fsp3) is 0.974. The zero-order valence-electron chi connectivity index (χ0n) is 31.6. The summed E-state index contributed by atoms with van der Waals surface area (Å²) in [5.41, 5.74) is 0. The average molecular weight is 720 g/mol. The van der Waals surface area contributed by atoms with E-state index in [0.717, 1.165) is 38.5 Å². The number of hydrogen-bond donors (Lipinski definition) is 8. The lowest BCUT2D eigenvalue weighted by atomic mass is 9.98. The normalized spacial score (nSPS) is 23.4. The minimum atomic E-state index is -1.65. The van der Waals surface area contributed by atoms with Gasteiger partial charge in [-0.3, -0.25) is 4.79 Å². The van der Waals surface area contributed by atoms with Crippen molar-refractivity contribution in [3.8, 4) is 0 Å². The standard InChI is InChI=1S/C39H77NO10/c1-3-5-7-9-11-13-14-15-16-17-18-19-21-22-24-26-31(42)34(44)30(29-49-39-37(47)36(46)35(45)33(28-41)50-39)40-38(48)32(43)27-25-23-20-12-10-8-6-4-2/h30-37,39,41-47H,3-29H2,1-2H3,(H,40,48). The number of nitrogens with one attached hydrogen (secondary N) is 1. The summed E-state index contributed by atoms with van der Waals surface area (Å²) >= 11 is 0. The summed E-state index contributed by atoms with van der Waals surface area (Å²) < 4.78 is 11.0. The molecule has 1 amide bonds. The molecule has 1 aliphatic rings. The van der Waals surface area contributed by atoms with E-state index >= 15 is 0 Å². The zero-order valence-corrected chi connectivity index (χ0v) is 31.6. The molecule has 1 fully saturated rings. The maximum Gasteiger partial charge on any atom is 0.249 e. The van der Waals surface area contributed by atoms with Crippen LogP contribution in [0.2, 0.25) is 0 Å². The van der Waals surface area contributed by atoms with Gasteiger partial charge in [0.05, 0.1) is 25.4 Å². The Morgan fingerprint density at radius 2 is 1.04 bits per heavy atom. The number of carbonyl (C=O) groups is 1. The van der Waals surface area contributed by atoms with Crippen molar-refractivity contribution in [3.63, 3.8) is 0 Å². The van der Waals surface area contributed by atoms with Crippen LogP contribution in [0, 0.1) is 0 Å². The Morgan fingerprint density at radius 3 is 1.48 bits per heavy atom. The molecule has 0 radical (unpaired) electrons. The Morgan fingerprint density at radius 1 is 0.620 bits per heavy atom. The van der Waals surface area contributed by atoms with Gasteiger partial charge >= 0.3 is 0 Å². The van der Waals surface area contributed by atoms with Crippen molar-refractivity contribution in [2.75, 3.05) is 13.2 Å². The van der Waals surface area contributed by atoms with Gasteiger partial charge in [-0.2, -0.15) is 0 Å². The number of rotatable bonds is 33. The molecule has 1 saturated heterocycles. The summed E-state index contributed by atoms with van der Waals surface area (Å²) in [7, 11) is 0. The minimum absolute atomic E-state index is 0.263. The SMILES string of the molecule is CCCCCCCCCCCCCCCCCC(O)C(O)C(COC1OC(CO)C(O)C(O)C1O)NC(=O)C(O)CCCCCCCCCC. The molecule has 9 unspecified atom stereocenters. The average Bonchev–Trinajstić information content (AvgIpc) is 3.11. The molecule has 9 atom stereocenters. The molecule has 0 aliphatic carbocycles. The van der Waals surface area contributed by atoms with Crippen molar-refractivity contribution in [3.05, 3.63) is 0 Å². The third kappa shape index (κ3) is 21.0. The van der Waals surface area contributed by atoms with Crippen molar-refractivity contribution in [2.45, 2.75) is 229 Å². The quantitative estimate of drug-likeness (QED) is 0.0421. The molecule has 50 heavy (non-hydrogen) atoms. The Labute approximate surface area is 303 Å². The molecule has 11 heteroatoms. The second kappa shape index (κ2) is 30.6. The fourth-order valence-corrected chi connectivity index (χ4v) is 6.67. The highest BCUT2D eigenvalue weighted by Crippen LogP contribution is 2.23. The lowest BCUT2D eigenvalue weighted by molar-refractivity contribution is -0.303. The molecule has 0 saturated carbocycles. The first-order valence-corrected chi connectivity index (χ1v) is 20.4. The lowest BCUT2D eigenvalue weighted by Crippen LogP contribution is -2.60. The Kier molecular flexibility index (Phi) is 28.8. The summed E-state index contributed by atoms with van der Waals surface area (Å²) in [6, 6.07) is -1.16. The molecule has 1 rings (SSSR count). The second-order valence-electron chi connectivity index (χ2n) is 14.7. The van der Waals surface area contributed by atoms with Crippen LogP contribution in [0.4, 0.5) is 0 Å². The van der Waals surface area contributed by atoms with Crippen molar-refractivity contribution < 1.29 is 50.0 Å². The molecule has 8 N–H and O–H groups in total. The van der Waals surface area contributed by atoms with Crippen LogP contribution in [-0.4, -0.2) is 110 Å². The summed E-state index contributed by atoms with van der Waals surface area (Å²) in [4.78, 5) is 12.9. The first kappa shape index (κ1) is 47.1. The summed E-state index contributed by atoms with van der Waals surface area (Å²) in [6.45, 7) is 3.38. The van der Waals surface area contributed by atoms with Crippen molar-refractivity contribution in [1.29, 1.82) is 0 Å². The molecule has 298 valence electrons. The van der Waals surface area contributed by atoms with Gasteiger partial charge in [0.15, 0.2) is 6.29 Å². The Balaban J connectivity index is 2.51. The van der Waals surface area contributed by atoms with Gasteiger partial charge in [-0.05, 0) is 12.8 Å². The van der Waals surface area contributed by atoms with Gasteiger partial charge < -0.3 is 50.5 Å². The topological polar surface area (TPSA) is 189 Å².